The zero-order valence-electron chi connectivity index (χ0n) is 10.8. The van der Waals surface area contributed by atoms with Crippen LogP contribution in [0, 0.1) is 24.1 Å². The average molecular weight is 263 g/mol. The van der Waals surface area contributed by atoms with Gasteiger partial charge in [-0.3, -0.25) is 4.98 Å². The second kappa shape index (κ2) is 4.71. The van der Waals surface area contributed by atoms with Crippen LogP contribution in [0.2, 0.25) is 0 Å². The van der Waals surface area contributed by atoms with Crippen LogP contribution in [0.1, 0.15) is 11.1 Å². The Kier molecular flexibility index (Phi) is 2.88. The van der Waals surface area contributed by atoms with Crippen molar-refractivity contribution in [2.75, 3.05) is 0 Å². The molecule has 96 valence electrons. The Bertz CT molecular complexity index is 850. The first-order valence-electron chi connectivity index (χ1n) is 6.11. The first-order valence-corrected chi connectivity index (χ1v) is 6.11. The van der Waals surface area contributed by atoms with Gasteiger partial charge in [-0.05, 0) is 24.6 Å². The van der Waals surface area contributed by atoms with Crippen LogP contribution >= 0.6 is 0 Å². The zero-order chi connectivity index (χ0) is 14.1. The molecule has 3 rings (SSSR count). The third kappa shape index (κ3) is 1.81. The van der Waals surface area contributed by atoms with E-state index in [0.717, 1.165) is 22.7 Å². The topological polar surface area (TPSA) is 49.6 Å². The normalized spacial score (nSPS) is 10.4. The standard InChI is InChI=1S/C16H10FN3/c1-10-11-4-2-3-5-15(11)20-16(13(10)8-18)12-6-7-19-9-14(12)17/h2-7,9H,1H3. The smallest absolute Gasteiger partial charge is 0.150 e. The molecule has 0 bridgehead atoms. The highest BCUT2D eigenvalue weighted by Gasteiger charge is 2.16. The Hall–Kier alpha value is -2.80. The maximum absolute atomic E-state index is 13.9. The van der Waals surface area contributed by atoms with E-state index < -0.39 is 5.82 Å². The lowest BCUT2D eigenvalue weighted by molar-refractivity contribution is 0.624. The molecule has 0 fully saturated rings. The molecule has 3 nitrogen and oxygen atoms in total. The van der Waals surface area contributed by atoms with Gasteiger partial charge in [-0.15, -0.1) is 0 Å². The van der Waals surface area contributed by atoms with E-state index in [4.69, 9.17) is 0 Å². The Morgan fingerprint density at radius 3 is 2.75 bits per heavy atom. The number of hydrogen-bond acceptors (Lipinski definition) is 3. The lowest BCUT2D eigenvalue weighted by Gasteiger charge is -2.10. The lowest BCUT2D eigenvalue weighted by Crippen LogP contribution is -1.97. The SMILES string of the molecule is Cc1c(C#N)c(-c2ccncc2F)nc2ccccc12. The van der Waals surface area contributed by atoms with E-state index in [1.54, 1.807) is 0 Å². The molecule has 2 heterocycles. The summed E-state index contributed by atoms with van der Waals surface area (Å²) >= 11 is 0. The van der Waals surface area contributed by atoms with Crippen molar-refractivity contribution in [3.63, 3.8) is 0 Å². The Balaban J connectivity index is 2.42. The molecule has 0 N–H and O–H groups in total. The molecule has 0 spiro atoms. The number of para-hydroxylation sites is 1. The summed E-state index contributed by atoms with van der Waals surface area (Å²) in [5, 5.41) is 10.3. The minimum atomic E-state index is -0.480. The van der Waals surface area contributed by atoms with Gasteiger partial charge in [0, 0.05) is 17.1 Å². The van der Waals surface area contributed by atoms with Gasteiger partial charge in [0.2, 0.25) is 0 Å². The average Bonchev–Trinajstić information content (AvgIpc) is 2.48. The van der Waals surface area contributed by atoms with Gasteiger partial charge in [0.15, 0.2) is 5.82 Å². The minimum Gasteiger partial charge on any atom is -0.262 e. The summed E-state index contributed by atoms with van der Waals surface area (Å²) in [5.74, 6) is -0.480. The van der Waals surface area contributed by atoms with Crippen molar-refractivity contribution in [2.24, 2.45) is 0 Å². The van der Waals surface area contributed by atoms with E-state index in [1.807, 2.05) is 31.2 Å². The number of rotatable bonds is 1. The zero-order valence-corrected chi connectivity index (χ0v) is 10.8. The molecule has 3 aromatic rings. The van der Waals surface area contributed by atoms with Crippen LogP contribution in [0.5, 0.6) is 0 Å². The van der Waals surface area contributed by atoms with E-state index in [9.17, 15) is 9.65 Å². The number of aryl methyl sites for hydroxylation is 1. The number of nitriles is 1. The number of pyridine rings is 2. The minimum absolute atomic E-state index is 0.297. The van der Waals surface area contributed by atoms with Crippen LogP contribution in [0.15, 0.2) is 42.7 Å². The quantitative estimate of drug-likeness (QED) is 0.673. The molecular formula is C16H10FN3. The summed E-state index contributed by atoms with van der Waals surface area (Å²) in [5.41, 5.74) is 2.61. The molecular weight excluding hydrogens is 253 g/mol. The van der Waals surface area contributed by atoms with Crippen molar-refractivity contribution < 1.29 is 4.39 Å². The lowest BCUT2D eigenvalue weighted by atomic mass is 9.99. The number of halogens is 1. The summed E-state index contributed by atoms with van der Waals surface area (Å²) in [7, 11) is 0. The first kappa shape index (κ1) is 12.2. The fourth-order valence-corrected chi connectivity index (χ4v) is 2.28. The molecule has 0 aliphatic rings. The highest BCUT2D eigenvalue weighted by Crippen LogP contribution is 2.30. The van der Waals surface area contributed by atoms with E-state index in [-0.39, 0.29) is 0 Å². The monoisotopic (exact) mass is 263 g/mol. The summed E-state index contributed by atoms with van der Waals surface area (Å²) in [6, 6.07) is 11.2. The van der Waals surface area contributed by atoms with Crippen molar-refractivity contribution in [2.45, 2.75) is 6.92 Å². The van der Waals surface area contributed by atoms with Gasteiger partial charge in [-0.2, -0.15) is 5.26 Å². The van der Waals surface area contributed by atoms with Crippen molar-refractivity contribution in [1.82, 2.24) is 9.97 Å². The predicted molar refractivity (Wildman–Crippen MR) is 74.4 cm³/mol. The maximum atomic E-state index is 13.9. The van der Waals surface area contributed by atoms with Crippen LogP contribution in [0.25, 0.3) is 22.2 Å². The third-order valence-corrected chi connectivity index (χ3v) is 3.29. The summed E-state index contributed by atoms with van der Waals surface area (Å²) in [4.78, 5) is 8.17. The van der Waals surface area contributed by atoms with Crippen LogP contribution in [0.3, 0.4) is 0 Å². The van der Waals surface area contributed by atoms with Crippen LogP contribution < -0.4 is 0 Å². The second-order valence-electron chi connectivity index (χ2n) is 4.44. The van der Waals surface area contributed by atoms with Crippen LogP contribution in [-0.4, -0.2) is 9.97 Å². The molecule has 1 aromatic carbocycles. The predicted octanol–water partition coefficient (Wildman–Crippen LogP) is 3.62. The molecule has 2 aromatic heterocycles. The Morgan fingerprint density at radius 2 is 2.00 bits per heavy atom. The largest absolute Gasteiger partial charge is 0.262 e. The molecule has 0 radical (unpaired) electrons. The van der Waals surface area contributed by atoms with Crippen molar-refractivity contribution in [3.8, 4) is 17.3 Å². The van der Waals surface area contributed by atoms with Crippen molar-refractivity contribution in [1.29, 1.82) is 5.26 Å². The first-order chi connectivity index (χ1) is 9.72. The van der Waals surface area contributed by atoms with E-state index in [2.05, 4.69) is 16.0 Å². The summed E-state index contributed by atoms with van der Waals surface area (Å²) in [6.45, 7) is 1.85. The third-order valence-electron chi connectivity index (χ3n) is 3.29. The Labute approximate surface area is 115 Å². The summed E-state index contributed by atoms with van der Waals surface area (Å²) < 4.78 is 13.9. The molecule has 20 heavy (non-hydrogen) atoms. The van der Waals surface area contributed by atoms with E-state index in [1.165, 1.54) is 12.3 Å². The number of fused-ring (bicyclic) bond motifs is 1. The molecule has 0 unspecified atom stereocenters. The number of hydrogen-bond donors (Lipinski definition) is 0. The van der Waals surface area contributed by atoms with Crippen molar-refractivity contribution in [3.05, 3.63) is 59.7 Å². The molecule has 0 atom stereocenters. The number of nitrogens with zero attached hydrogens (tertiary/aromatic N) is 3. The second-order valence-corrected chi connectivity index (χ2v) is 4.44. The van der Waals surface area contributed by atoms with Gasteiger partial charge in [-0.1, -0.05) is 18.2 Å². The van der Waals surface area contributed by atoms with Crippen LogP contribution in [0.4, 0.5) is 4.39 Å². The maximum Gasteiger partial charge on any atom is 0.150 e. The fourth-order valence-electron chi connectivity index (χ4n) is 2.28. The fraction of sp³-hybridized carbons (Fsp3) is 0.0625. The van der Waals surface area contributed by atoms with E-state index in [0.29, 0.717) is 16.8 Å². The van der Waals surface area contributed by atoms with Gasteiger partial charge in [-0.25, -0.2) is 9.37 Å². The van der Waals surface area contributed by atoms with Gasteiger partial charge >= 0.3 is 0 Å². The van der Waals surface area contributed by atoms with Gasteiger partial charge in [0.25, 0.3) is 0 Å². The summed E-state index contributed by atoms with van der Waals surface area (Å²) in [6.07, 6.45) is 2.62. The molecule has 4 heteroatoms. The number of aromatic nitrogens is 2. The molecule has 0 aliphatic carbocycles. The Morgan fingerprint density at radius 1 is 1.20 bits per heavy atom. The van der Waals surface area contributed by atoms with Gasteiger partial charge in [0.1, 0.15) is 6.07 Å². The van der Waals surface area contributed by atoms with Crippen molar-refractivity contribution >= 4 is 10.9 Å². The molecule has 0 saturated heterocycles. The van der Waals surface area contributed by atoms with Gasteiger partial charge in [0.05, 0.1) is 23.0 Å². The highest BCUT2D eigenvalue weighted by atomic mass is 19.1. The highest BCUT2D eigenvalue weighted by molar-refractivity contribution is 5.88. The number of benzene rings is 1. The molecule has 0 saturated carbocycles. The van der Waals surface area contributed by atoms with Crippen LogP contribution in [-0.2, 0) is 0 Å². The van der Waals surface area contributed by atoms with E-state index >= 15 is 0 Å². The van der Waals surface area contributed by atoms with Gasteiger partial charge < -0.3 is 0 Å². The molecule has 0 amide bonds. The molecule has 0 aliphatic heterocycles.